The number of halogens is 2. The summed E-state index contributed by atoms with van der Waals surface area (Å²) in [6, 6.07) is 12.7. The van der Waals surface area contributed by atoms with Gasteiger partial charge in [0.15, 0.2) is 5.78 Å². The van der Waals surface area contributed by atoms with E-state index in [4.69, 9.17) is 16.3 Å². The number of methoxy groups -OCH3 is 1. The molecule has 0 amide bonds. The molecular weight excluding hydrogens is 435 g/mol. The lowest BCUT2D eigenvalue weighted by Crippen LogP contribution is -2.22. The first-order valence-corrected chi connectivity index (χ1v) is 11.1. The fraction of sp³-hybridized carbons (Fsp3) is 0.208. The number of anilines is 1. The summed E-state index contributed by atoms with van der Waals surface area (Å²) in [5, 5.41) is 3.31. The summed E-state index contributed by atoms with van der Waals surface area (Å²) in [4.78, 5) is 14.8. The van der Waals surface area contributed by atoms with Crippen LogP contribution in [0, 0.1) is 5.82 Å². The number of benzene rings is 2. The fourth-order valence-electron chi connectivity index (χ4n) is 3.57. The number of carbonyl (C=O) groups is 1. The van der Waals surface area contributed by atoms with Gasteiger partial charge >= 0.3 is 0 Å². The highest BCUT2D eigenvalue weighted by molar-refractivity contribution is 8.10. The third-order valence-electron chi connectivity index (χ3n) is 5.08. The lowest BCUT2D eigenvalue weighted by atomic mass is 9.96. The summed E-state index contributed by atoms with van der Waals surface area (Å²) in [6.07, 6.45) is 6.59. The van der Waals surface area contributed by atoms with Gasteiger partial charge < -0.3 is 14.6 Å². The molecule has 1 N–H and O–H groups in total. The Labute approximate surface area is 190 Å². The highest BCUT2D eigenvalue weighted by atomic mass is 35.5. The number of aryl methyl sites for hydroxylation is 1. The standard InChI is InChI=1S/C24H22ClFN2O2S/c1-28-13-19(21-10-11-22(25)31-21)20(14-28)24(29)23(15-6-8-16(26)9-7-15)27-17-4-3-5-18(12-17)30-2/h3-10,12-14,22-23,27H,11H2,1-2H3. The van der Waals surface area contributed by atoms with E-state index in [-0.39, 0.29) is 16.3 Å². The molecule has 0 bridgehead atoms. The highest BCUT2D eigenvalue weighted by Crippen LogP contribution is 2.43. The highest BCUT2D eigenvalue weighted by Gasteiger charge is 2.28. The molecule has 2 aromatic carbocycles. The molecule has 0 saturated carbocycles. The van der Waals surface area contributed by atoms with Crippen LogP contribution in [0.5, 0.6) is 5.75 Å². The number of hydrogen-bond donors (Lipinski definition) is 1. The van der Waals surface area contributed by atoms with Crippen LogP contribution in [0.4, 0.5) is 10.1 Å². The normalized spacial score (nSPS) is 16.6. The van der Waals surface area contributed by atoms with Gasteiger partial charge in [-0.15, -0.1) is 23.4 Å². The molecule has 160 valence electrons. The predicted molar refractivity (Wildman–Crippen MR) is 125 cm³/mol. The number of carbonyl (C=O) groups excluding carboxylic acids is 1. The molecule has 2 heterocycles. The SMILES string of the molecule is COc1cccc(NC(C(=O)c2cn(C)cc2C2=CCC(Cl)S2)c2ccc(F)cc2)c1. The van der Waals surface area contributed by atoms with Crippen molar-refractivity contribution in [1.29, 1.82) is 0 Å². The lowest BCUT2D eigenvalue weighted by Gasteiger charge is -2.20. The Morgan fingerprint density at radius 1 is 1.26 bits per heavy atom. The van der Waals surface area contributed by atoms with Crippen LogP contribution in [0.25, 0.3) is 4.91 Å². The van der Waals surface area contributed by atoms with Gasteiger partial charge in [-0.05, 0) is 36.2 Å². The largest absolute Gasteiger partial charge is 0.497 e. The third-order valence-corrected chi connectivity index (χ3v) is 6.61. The van der Waals surface area contributed by atoms with E-state index in [9.17, 15) is 9.18 Å². The number of ketones is 1. The first-order valence-electron chi connectivity index (χ1n) is 9.82. The van der Waals surface area contributed by atoms with Crippen LogP contribution in [0.15, 0.2) is 67.0 Å². The van der Waals surface area contributed by atoms with Crippen molar-refractivity contribution in [3.05, 3.63) is 89.5 Å². The Bertz CT molecular complexity index is 1130. The maximum absolute atomic E-state index is 13.8. The number of nitrogens with one attached hydrogen (secondary N) is 1. The molecule has 0 fully saturated rings. The van der Waals surface area contributed by atoms with E-state index in [2.05, 4.69) is 11.4 Å². The first-order chi connectivity index (χ1) is 14.9. The van der Waals surface area contributed by atoms with E-state index in [0.29, 0.717) is 16.9 Å². The van der Waals surface area contributed by atoms with Gasteiger partial charge in [-0.25, -0.2) is 4.39 Å². The maximum Gasteiger partial charge on any atom is 0.191 e. The van der Waals surface area contributed by atoms with Gasteiger partial charge in [-0.2, -0.15) is 0 Å². The molecule has 1 aliphatic rings. The van der Waals surface area contributed by atoms with Crippen LogP contribution < -0.4 is 10.1 Å². The van der Waals surface area contributed by atoms with Gasteiger partial charge in [0.25, 0.3) is 0 Å². The molecule has 2 unspecified atom stereocenters. The fourth-order valence-corrected chi connectivity index (χ4v) is 4.90. The third kappa shape index (κ3) is 4.81. The summed E-state index contributed by atoms with van der Waals surface area (Å²) in [6.45, 7) is 0. The van der Waals surface area contributed by atoms with Gasteiger partial charge in [-0.3, -0.25) is 4.79 Å². The zero-order valence-corrected chi connectivity index (χ0v) is 18.7. The van der Waals surface area contributed by atoms with E-state index < -0.39 is 6.04 Å². The molecule has 0 saturated heterocycles. The van der Waals surface area contributed by atoms with Gasteiger partial charge in [0.05, 0.1) is 11.8 Å². The molecule has 0 radical (unpaired) electrons. The van der Waals surface area contributed by atoms with Crippen LogP contribution in [0.3, 0.4) is 0 Å². The molecule has 0 aliphatic carbocycles. The molecule has 0 spiro atoms. The average Bonchev–Trinajstić information content (AvgIpc) is 3.38. The Kier molecular flexibility index (Phi) is 6.39. The van der Waals surface area contributed by atoms with E-state index in [1.807, 2.05) is 48.3 Å². The van der Waals surface area contributed by atoms with Crippen molar-refractivity contribution < 1.29 is 13.9 Å². The second-order valence-electron chi connectivity index (χ2n) is 7.31. The second kappa shape index (κ2) is 9.20. The van der Waals surface area contributed by atoms with Crippen molar-refractivity contribution in [2.45, 2.75) is 17.2 Å². The molecule has 31 heavy (non-hydrogen) atoms. The topological polar surface area (TPSA) is 43.3 Å². The molecule has 3 aromatic rings. The quantitative estimate of drug-likeness (QED) is 0.337. The van der Waals surface area contributed by atoms with Crippen LogP contribution in [-0.4, -0.2) is 22.2 Å². The second-order valence-corrected chi connectivity index (χ2v) is 9.34. The van der Waals surface area contributed by atoms with Gasteiger partial charge in [0.2, 0.25) is 0 Å². The van der Waals surface area contributed by atoms with Crippen LogP contribution in [0.1, 0.15) is 33.9 Å². The minimum atomic E-state index is -0.701. The Morgan fingerprint density at radius 3 is 2.71 bits per heavy atom. The van der Waals surface area contributed by atoms with Crippen molar-refractivity contribution in [1.82, 2.24) is 4.57 Å². The molecule has 7 heteroatoms. The van der Waals surface area contributed by atoms with Crippen molar-refractivity contribution in [2.24, 2.45) is 7.05 Å². The predicted octanol–water partition coefficient (Wildman–Crippen LogP) is 6.25. The summed E-state index contributed by atoms with van der Waals surface area (Å²) in [5.74, 6) is 0.221. The Morgan fingerprint density at radius 2 is 2.03 bits per heavy atom. The molecule has 1 aliphatic heterocycles. The summed E-state index contributed by atoms with van der Waals surface area (Å²) >= 11 is 7.82. The average molecular weight is 457 g/mol. The smallest absolute Gasteiger partial charge is 0.191 e. The van der Waals surface area contributed by atoms with E-state index in [1.54, 1.807) is 31.0 Å². The van der Waals surface area contributed by atoms with Crippen molar-refractivity contribution in [2.75, 3.05) is 12.4 Å². The maximum atomic E-state index is 13.8. The molecular formula is C24H22ClFN2O2S. The zero-order chi connectivity index (χ0) is 22.0. The number of ether oxygens (including phenoxy) is 1. The summed E-state index contributed by atoms with van der Waals surface area (Å²) in [7, 11) is 3.48. The summed E-state index contributed by atoms with van der Waals surface area (Å²) < 4.78 is 20.7. The summed E-state index contributed by atoms with van der Waals surface area (Å²) in [5.41, 5.74) is 2.86. The lowest BCUT2D eigenvalue weighted by molar-refractivity contribution is 0.0969. The van der Waals surface area contributed by atoms with Gasteiger partial charge in [0, 0.05) is 47.2 Å². The number of allylic oxidation sites excluding steroid dienone is 1. The van der Waals surface area contributed by atoms with E-state index in [1.165, 1.54) is 12.1 Å². The van der Waals surface area contributed by atoms with Crippen molar-refractivity contribution in [3.63, 3.8) is 0 Å². The van der Waals surface area contributed by atoms with Crippen LogP contribution in [-0.2, 0) is 7.05 Å². The number of Topliss-reactive ketones (excluding diaryl/α,β-unsaturated/α-hetero) is 1. The molecule has 1 aromatic heterocycles. The van der Waals surface area contributed by atoms with E-state index in [0.717, 1.165) is 22.6 Å². The van der Waals surface area contributed by atoms with E-state index >= 15 is 0 Å². The molecule has 4 rings (SSSR count). The Balaban J connectivity index is 1.73. The number of aromatic nitrogens is 1. The number of nitrogens with zero attached hydrogens (tertiary/aromatic N) is 1. The monoisotopic (exact) mass is 456 g/mol. The van der Waals surface area contributed by atoms with Crippen LogP contribution >= 0.6 is 23.4 Å². The minimum Gasteiger partial charge on any atom is -0.497 e. The first kappa shape index (κ1) is 21.5. The molecule has 4 nitrogen and oxygen atoms in total. The molecule has 2 atom stereocenters. The van der Waals surface area contributed by atoms with Crippen molar-refractivity contribution >= 4 is 39.7 Å². The number of hydrogen-bond acceptors (Lipinski definition) is 4. The Hall–Kier alpha value is -2.70. The zero-order valence-electron chi connectivity index (χ0n) is 17.1. The minimum absolute atomic E-state index is 0.0269. The van der Waals surface area contributed by atoms with Crippen molar-refractivity contribution in [3.8, 4) is 5.75 Å². The number of rotatable bonds is 7. The number of alkyl halides is 1. The van der Waals surface area contributed by atoms with Gasteiger partial charge in [-0.1, -0.05) is 24.3 Å². The van der Waals surface area contributed by atoms with Gasteiger partial charge in [0.1, 0.15) is 17.6 Å². The number of thioether (sulfide) groups is 1. The van der Waals surface area contributed by atoms with Crippen LogP contribution in [0.2, 0.25) is 0 Å².